The number of nitrogens with zero attached hydrogens (tertiary/aromatic N) is 6. The van der Waals surface area contributed by atoms with E-state index in [9.17, 15) is 8.78 Å². The molecule has 0 bridgehead atoms. The monoisotopic (exact) mass is 379 g/mol. The van der Waals surface area contributed by atoms with Crippen molar-refractivity contribution >= 4 is 22.9 Å². The van der Waals surface area contributed by atoms with Gasteiger partial charge in [-0.15, -0.1) is 5.10 Å². The molecule has 0 amide bonds. The van der Waals surface area contributed by atoms with Gasteiger partial charge in [0.05, 0.1) is 13.0 Å². The van der Waals surface area contributed by atoms with Crippen molar-refractivity contribution in [2.75, 3.05) is 31.8 Å². The van der Waals surface area contributed by atoms with Gasteiger partial charge >= 0.3 is 0 Å². The van der Waals surface area contributed by atoms with Crippen LogP contribution in [0.5, 0.6) is 0 Å². The number of hydrogen-bond donors (Lipinski definition) is 1. The van der Waals surface area contributed by atoms with Gasteiger partial charge in [-0.1, -0.05) is 20.8 Å². The summed E-state index contributed by atoms with van der Waals surface area (Å²) in [4.78, 5) is 18.5. The molecule has 1 fully saturated rings. The molecule has 0 aromatic carbocycles. The molecule has 1 saturated heterocycles. The van der Waals surface area contributed by atoms with Crippen molar-refractivity contribution < 1.29 is 13.5 Å². The molecule has 10 heteroatoms. The second kappa shape index (κ2) is 6.00. The molecule has 2 aromatic heterocycles. The van der Waals surface area contributed by atoms with Gasteiger partial charge in [-0.2, -0.15) is 0 Å². The van der Waals surface area contributed by atoms with Crippen LogP contribution in [0.1, 0.15) is 38.8 Å². The zero-order valence-electron chi connectivity index (χ0n) is 15.9. The maximum atomic E-state index is 13.8. The van der Waals surface area contributed by atoms with Crippen LogP contribution in [-0.4, -0.2) is 63.6 Å². The van der Waals surface area contributed by atoms with Crippen LogP contribution in [0.15, 0.2) is 5.10 Å². The first kappa shape index (κ1) is 17.9. The van der Waals surface area contributed by atoms with E-state index in [1.54, 1.807) is 9.91 Å². The van der Waals surface area contributed by atoms with E-state index in [1.807, 2.05) is 27.8 Å². The van der Waals surface area contributed by atoms with Gasteiger partial charge < -0.3 is 14.6 Å². The van der Waals surface area contributed by atoms with E-state index in [-0.39, 0.29) is 24.9 Å². The Bertz CT molecular complexity index is 903. The van der Waals surface area contributed by atoms with Crippen LogP contribution in [0.2, 0.25) is 0 Å². The zero-order valence-corrected chi connectivity index (χ0v) is 15.9. The van der Waals surface area contributed by atoms with Gasteiger partial charge in [0.2, 0.25) is 5.90 Å². The largest absolute Gasteiger partial charge is 0.456 e. The smallest absolute Gasteiger partial charge is 0.266 e. The third kappa shape index (κ3) is 3.52. The first-order valence-corrected chi connectivity index (χ1v) is 8.92. The first-order valence-electron chi connectivity index (χ1n) is 8.92. The molecule has 2 aliphatic rings. The number of fused-ring (bicyclic) bond motifs is 1. The Balaban J connectivity index is 1.76. The van der Waals surface area contributed by atoms with E-state index >= 15 is 0 Å². The zero-order chi connectivity index (χ0) is 19.4. The lowest BCUT2D eigenvalue weighted by Gasteiger charge is -2.22. The Morgan fingerprint density at radius 3 is 2.59 bits per heavy atom. The molecular weight excluding hydrogens is 356 g/mol. The van der Waals surface area contributed by atoms with Crippen LogP contribution in [0.3, 0.4) is 0 Å². The van der Waals surface area contributed by atoms with Crippen LogP contribution in [0.4, 0.5) is 14.6 Å². The van der Waals surface area contributed by atoms with Crippen molar-refractivity contribution in [2.24, 2.45) is 5.10 Å². The lowest BCUT2D eigenvalue weighted by molar-refractivity contribution is 0.0257. The highest BCUT2D eigenvalue weighted by Crippen LogP contribution is 2.34. The number of nitrogens with one attached hydrogen (secondary N) is 1. The number of aromatic amines is 1. The van der Waals surface area contributed by atoms with Crippen LogP contribution < -0.4 is 4.90 Å². The van der Waals surface area contributed by atoms with E-state index in [0.717, 1.165) is 0 Å². The molecular formula is C17H23F2N7O. The lowest BCUT2D eigenvalue weighted by atomic mass is 9.96. The molecule has 0 spiro atoms. The second-order valence-electron chi connectivity index (χ2n) is 8.13. The topological polar surface area (TPSA) is 82.5 Å². The summed E-state index contributed by atoms with van der Waals surface area (Å²) in [6, 6.07) is 0. The molecule has 0 aliphatic carbocycles. The van der Waals surface area contributed by atoms with Gasteiger partial charge in [-0.3, -0.25) is 5.01 Å². The summed E-state index contributed by atoms with van der Waals surface area (Å²) >= 11 is 0. The molecule has 4 rings (SSSR count). The highest BCUT2D eigenvalue weighted by molar-refractivity contribution is 5.85. The van der Waals surface area contributed by atoms with Crippen LogP contribution >= 0.6 is 0 Å². The predicted molar refractivity (Wildman–Crippen MR) is 97.0 cm³/mol. The minimum absolute atomic E-state index is 0.179. The van der Waals surface area contributed by atoms with Gasteiger partial charge in [-0.25, -0.2) is 23.7 Å². The molecule has 0 radical (unpaired) electrons. The molecule has 146 valence electrons. The number of anilines is 1. The van der Waals surface area contributed by atoms with Gasteiger partial charge in [0.25, 0.3) is 5.92 Å². The molecule has 27 heavy (non-hydrogen) atoms. The fraction of sp³-hybridized carbons (Fsp3) is 0.647. The van der Waals surface area contributed by atoms with Gasteiger partial charge in [-0.05, 0) is 0 Å². The van der Waals surface area contributed by atoms with Crippen molar-refractivity contribution in [2.45, 2.75) is 45.0 Å². The Kier molecular flexibility index (Phi) is 3.97. The number of ether oxygens (including phenoxy) is 1. The maximum absolute atomic E-state index is 13.8. The van der Waals surface area contributed by atoms with E-state index in [4.69, 9.17) is 4.74 Å². The van der Waals surface area contributed by atoms with Crippen molar-refractivity contribution in [3.05, 3.63) is 11.6 Å². The summed E-state index contributed by atoms with van der Waals surface area (Å²) in [5.74, 6) is -0.486. The molecule has 0 saturated carbocycles. The van der Waals surface area contributed by atoms with Crippen LogP contribution in [0, 0.1) is 0 Å². The van der Waals surface area contributed by atoms with Crippen molar-refractivity contribution in [3.8, 4) is 0 Å². The van der Waals surface area contributed by atoms with Gasteiger partial charge in [0.15, 0.2) is 18.2 Å². The van der Waals surface area contributed by atoms with Crippen molar-refractivity contribution in [1.82, 2.24) is 24.9 Å². The molecule has 8 nitrogen and oxygen atoms in total. The summed E-state index contributed by atoms with van der Waals surface area (Å²) in [5, 5.41) is 5.94. The Hall–Kier alpha value is -2.52. The number of alkyl halides is 2. The van der Waals surface area contributed by atoms with Crippen LogP contribution in [0.25, 0.3) is 11.2 Å². The van der Waals surface area contributed by atoms with Crippen molar-refractivity contribution in [3.63, 3.8) is 0 Å². The van der Waals surface area contributed by atoms with E-state index in [2.05, 4.69) is 25.0 Å². The molecule has 0 unspecified atom stereocenters. The average Bonchev–Trinajstić information content (AvgIpc) is 3.24. The number of hydrazone groups is 1. The summed E-state index contributed by atoms with van der Waals surface area (Å²) in [6.45, 7) is 6.26. The number of imidazole rings is 1. The number of rotatable bonds is 3. The molecule has 2 aliphatic heterocycles. The molecule has 4 heterocycles. The third-order valence-electron chi connectivity index (χ3n) is 4.54. The third-order valence-corrected chi connectivity index (χ3v) is 4.54. The van der Waals surface area contributed by atoms with E-state index < -0.39 is 5.92 Å². The Morgan fingerprint density at radius 2 is 2.00 bits per heavy atom. The van der Waals surface area contributed by atoms with Crippen LogP contribution in [-0.2, 0) is 16.6 Å². The Labute approximate surface area is 155 Å². The maximum Gasteiger partial charge on any atom is 0.266 e. The number of H-pyrrole nitrogens is 1. The fourth-order valence-corrected chi connectivity index (χ4v) is 3.14. The van der Waals surface area contributed by atoms with Crippen molar-refractivity contribution in [1.29, 1.82) is 0 Å². The summed E-state index contributed by atoms with van der Waals surface area (Å²) < 4.78 is 33.0. The lowest BCUT2D eigenvalue weighted by Crippen LogP contribution is -2.27. The standard InChI is InChI=1S/C17H23F2N7O/c1-16(2,3)15-22-13-12(14(23-15)26-6-5-17(18,19)8-26)20-10(21-13)7-11-24-25(4)9-27-11/h5-9H2,1-4H3,(H,20,21,22,23). The fourth-order valence-electron chi connectivity index (χ4n) is 3.14. The summed E-state index contributed by atoms with van der Waals surface area (Å²) in [6.07, 6.45) is 0.197. The average molecular weight is 379 g/mol. The first-order chi connectivity index (χ1) is 12.6. The second-order valence-corrected chi connectivity index (χ2v) is 8.13. The molecule has 0 atom stereocenters. The number of hydrogen-bond acceptors (Lipinski definition) is 7. The van der Waals surface area contributed by atoms with Gasteiger partial charge in [0, 0.05) is 25.4 Å². The van der Waals surface area contributed by atoms with E-state index in [1.165, 1.54) is 0 Å². The Morgan fingerprint density at radius 1 is 1.22 bits per heavy atom. The van der Waals surface area contributed by atoms with E-state index in [0.29, 0.717) is 47.7 Å². The predicted octanol–water partition coefficient (Wildman–Crippen LogP) is 2.27. The normalized spacial score (nSPS) is 19.7. The summed E-state index contributed by atoms with van der Waals surface area (Å²) in [5.41, 5.74) is 0.718. The SMILES string of the molecule is CN1COC(Cc2nc3nc(C(C)(C)C)nc(N4CCC(F)(F)C4)c3[nH]2)=N1. The van der Waals surface area contributed by atoms with Gasteiger partial charge in [0.1, 0.15) is 17.2 Å². The molecule has 1 N–H and O–H groups in total. The highest BCUT2D eigenvalue weighted by Gasteiger charge is 2.40. The highest BCUT2D eigenvalue weighted by atomic mass is 19.3. The number of halogens is 2. The molecule has 2 aromatic rings. The summed E-state index contributed by atoms with van der Waals surface area (Å²) in [7, 11) is 1.82. The minimum atomic E-state index is -2.71. The minimum Gasteiger partial charge on any atom is -0.456 e. The number of aromatic nitrogens is 4. The quantitative estimate of drug-likeness (QED) is 0.881.